The summed E-state index contributed by atoms with van der Waals surface area (Å²) in [6.07, 6.45) is 0.713. The summed E-state index contributed by atoms with van der Waals surface area (Å²) < 4.78 is 5.31. The summed E-state index contributed by atoms with van der Waals surface area (Å²) in [4.78, 5) is 25.4. The Morgan fingerprint density at radius 2 is 1.50 bits per heavy atom. The molecule has 4 rings (SSSR count). The van der Waals surface area contributed by atoms with Crippen molar-refractivity contribution in [1.82, 2.24) is 5.32 Å². The number of ether oxygens (including phenoxy) is 1. The van der Waals surface area contributed by atoms with E-state index in [9.17, 15) is 9.59 Å². The zero-order chi connectivity index (χ0) is 22.3. The highest BCUT2D eigenvalue weighted by Crippen LogP contribution is 2.39. The van der Waals surface area contributed by atoms with E-state index in [1.807, 2.05) is 84.9 Å². The lowest BCUT2D eigenvalue weighted by Crippen LogP contribution is -2.45. The minimum Gasteiger partial charge on any atom is -0.445 e. The lowest BCUT2D eigenvalue weighted by atomic mass is 10.1. The molecular formula is C26H27N3O3. The van der Waals surface area contributed by atoms with Gasteiger partial charge in [-0.15, -0.1) is 0 Å². The molecule has 0 saturated heterocycles. The van der Waals surface area contributed by atoms with Gasteiger partial charge < -0.3 is 21.1 Å². The predicted molar refractivity (Wildman–Crippen MR) is 124 cm³/mol. The van der Waals surface area contributed by atoms with Crippen molar-refractivity contribution in [3.8, 4) is 0 Å². The second-order valence-corrected chi connectivity index (χ2v) is 8.07. The highest BCUT2D eigenvalue weighted by molar-refractivity contribution is 5.96. The molecule has 3 aromatic rings. The lowest BCUT2D eigenvalue weighted by molar-refractivity contribution is -0.118. The van der Waals surface area contributed by atoms with Crippen LogP contribution in [0.5, 0.6) is 0 Å². The molecule has 0 aliphatic heterocycles. The number of carbonyl (C=O) groups is 2. The molecule has 1 aliphatic carbocycles. The Morgan fingerprint density at radius 3 is 2.09 bits per heavy atom. The van der Waals surface area contributed by atoms with Crippen LogP contribution in [-0.2, 0) is 22.6 Å². The summed E-state index contributed by atoms with van der Waals surface area (Å²) in [6.45, 7) is 0.136. The van der Waals surface area contributed by atoms with E-state index in [1.54, 1.807) is 0 Å². The molecule has 4 N–H and O–H groups in total. The van der Waals surface area contributed by atoms with Crippen LogP contribution in [0.1, 0.15) is 29.0 Å². The van der Waals surface area contributed by atoms with Crippen molar-refractivity contribution < 1.29 is 14.3 Å². The summed E-state index contributed by atoms with van der Waals surface area (Å²) in [7, 11) is 0. The van der Waals surface area contributed by atoms with E-state index in [0.717, 1.165) is 17.5 Å². The van der Waals surface area contributed by atoms with Crippen LogP contribution in [0.2, 0.25) is 0 Å². The van der Waals surface area contributed by atoms with Crippen LogP contribution < -0.4 is 16.4 Å². The third-order valence-electron chi connectivity index (χ3n) is 5.55. The second-order valence-electron chi connectivity index (χ2n) is 8.07. The summed E-state index contributed by atoms with van der Waals surface area (Å²) in [5.74, 6) is 0.105. The van der Waals surface area contributed by atoms with Gasteiger partial charge in [0.15, 0.2) is 0 Å². The Kier molecular flexibility index (Phi) is 6.82. The SMILES string of the molecule is NC1C[C@H]1c1ccc(NC(=O)C(Cc2ccccc2)NC(=O)OCc2ccccc2)cc1. The number of benzene rings is 3. The first kappa shape index (κ1) is 21.6. The third kappa shape index (κ3) is 5.95. The van der Waals surface area contributed by atoms with Gasteiger partial charge in [0.2, 0.25) is 5.91 Å². The quantitative estimate of drug-likeness (QED) is 0.505. The highest BCUT2D eigenvalue weighted by atomic mass is 16.5. The van der Waals surface area contributed by atoms with Crippen molar-refractivity contribution in [2.45, 2.75) is 37.5 Å². The molecule has 0 bridgehead atoms. The van der Waals surface area contributed by atoms with Crippen LogP contribution in [-0.4, -0.2) is 24.1 Å². The molecule has 164 valence electrons. The van der Waals surface area contributed by atoms with E-state index in [-0.39, 0.29) is 18.6 Å². The molecule has 3 aromatic carbocycles. The number of hydrogen-bond donors (Lipinski definition) is 3. The Morgan fingerprint density at radius 1 is 0.906 bits per heavy atom. The maximum absolute atomic E-state index is 13.0. The number of amides is 2. The first-order valence-electron chi connectivity index (χ1n) is 10.8. The van der Waals surface area contributed by atoms with E-state index in [2.05, 4.69) is 10.6 Å². The van der Waals surface area contributed by atoms with Gasteiger partial charge in [0, 0.05) is 24.1 Å². The molecule has 6 nitrogen and oxygen atoms in total. The lowest BCUT2D eigenvalue weighted by Gasteiger charge is -2.19. The van der Waals surface area contributed by atoms with Gasteiger partial charge in [-0.2, -0.15) is 0 Å². The van der Waals surface area contributed by atoms with Crippen molar-refractivity contribution in [3.05, 3.63) is 102 Å². The molecule has 0 spiro atoms. The molecule has 1 aliphatic rings. The largest absolute Gasteiger partial charge is 0.445 e. The maximum Gasteiger partial charge on any atom is 0.408 e. The van der Waals surface area contributed by atoms with Gasteiger partial charge in [-0.1, -0.05) is 72.8 Å². The second kappa shape index (κ2) is 10.1. The number of alkyl carbamates (subject to hydrolysis) is 1. The summed E-state index contributed by atoms with van der Waals surface area (Å²) in [5.41, 5.74) is 9.58. The molecule has 2 amide bonds. The van der Waals surface area contributed by atoms with E-state index in [1.165, 1.54) is 5.56 Å². The maximum atomic E-state index is 13.0. The van der Waals surface area contributed by atoms with Crippen LogP contribution in [0.3, 0.4) is 0 Å². The van der Waals surface area contributed by atoms with E-state index < -0.39 is 12.1 Å². The van der Waals surface area contributed by atoms with Crippen LogP contribution in [0, 0.1) is 0 Å². The number of hydrogen-bond acceptors (Lipinski definition) is 4. The van der Waals surface area contributed by atoms with Crippen LogP contribution in [0.4, 0.5) is 10.5 Å². The standard InChI is InChI=1S/C26H27N3O3/c27-23-16-22(23)20-11-13-21(14-12-20)28-25(30)24(15-18-7-3-1-4-8-18)29-26(31)32-17-19-9-5-2-6-10-19/h1-14,22-24H,15-17,27H2,(H,28,30)(H,29,31)/t22-,23?,24?/m0/s1. The fraction of sp³-hybridized carbons (Fsp3) is 0.231. The van der Waals surface area contributed by atoms with Crippen molar-refractivity contribution in [1.29, 1.82) is 0 Å². The van der Waals surface area contributed by atoms with Crippen LogP contribution in [0.25, 0.3) is 0 Å². The van der Waals surface area contributed by atoms with E-state index in [4.69, 9.17) is 10.5 Å². The van der Waals surface area contributed by atoms with Gasteiger partial charge in [0.25, 0.3) is 0 Å². The molecule has 0 heterocycles. The highest BCUT2D eigenvalue weighted by Gasteiger charge is 2.34. The fourth-order valence-electron chi connectivity index (χ4n) is 3.61. The molecule has 0 aromatic heterocycles. The fourth-order valence-corrected chi connectivity index (χ4v) is 3.61. The average Bonchev–Trinajstić information content (AvgIpc) is 3.55. The predicted octanol–water partition coefficient (Wildman–Crippen LogP) is 3.98. The smallest absolute Gasteiger partial charge is 0.408 e. The Bertz CT molecular complexity index is 1040. The van der Waals surface area contributed by atoms with Gasteiger partial charge in [-0.25, -0.2) is 4.79 Å². The van der Waals surface area contributed by atoms with E-state index in [0.29, 0.717) is 18.0 Å². The average molecular weight is 430 g/mol. The molecule has 6 heteroatoms. The molecule has 0 radical (unpaired) electrons. The van der Waals surface area contributed by atoms with Crippen LogP contribution >= 0.6 is 0 Å². The minimum absolute atomic E-state index is 0.136. The summed E-state index contributed by atoms with van der Waals surface area (Å²) >= 11 is 0. The van der Waals surface area contributed by atoms with Gasteiger partial charge in [-0.05, 0) is 35.2 Å². The number of carbonyl (C=O) groups excluding carboxylic acids is 2. The number of nitrogens with two attached hydrogens (primary N) is 1. The van der Waals surface area contributed by atoms with Crippen molar-refractivity contribution in [2.75, 3.05) is 5.32 Å². The van der Waals surface area contributed by atoms with Crippen molar-refractivity contribution in [2.24, 2.45) is 5.73 Å². The topological polar surface area (TPSA) is 93.5 Å². The Labute approximate surface area is 187 Å². The summed E-state index contributed by atoms with van der Waals surface area (Å²) in [5, 5.41) is 5.61. The zero-order valence-corrected chi connectivity index (χ0v) is 17.7. The first-order valence-corrected chi connectivity index (χ1v) is 10.8. The summed E-state index contributed by atoms with van der Waals surface area (Å²) in [6, 6.07) is 26.1. The van der Waals surface area contributed by atoms with Gasteiger partial charge >= 0.3 is 6.09 Å². The van der Waals surface area contributed by atoms with Crippen LogP contribution in [0.15, 0.2) is 84.9 Å². The van der Waals surface area contributed by atoms with Crippen molar-refractivity contribution in [3.63, 3.8) is 0 Å². The van der Waals surface area contributed by atoms with Gasteiger partial charge in [0.1, 0.15) is 12.6 Å². The number of anilines is 1. The number of nitrogens with one attached hydrogen (secondary N) is 2. The van der Waals surface area contributed by atoms with Crippen molar-refractivity contribution >= 4 is 17.7 Å². The molecule has 1 fully saturated rings. The van der Waals surface area contributed by atoms with Gasteiger partial charge in [0.05, 0.1) is 0 Å². The normalized spacial score (nSPS) is 17.8. The first-order chi connectivity index (χ1) is 15.6. The third-order valence-corrected chi connectivity index (χ3v) is 5.55. The molecular weight excluding hydrogens is 402 g/mol. The Hall–Kier alpha value is -3.64. The molecule has 2 unspecified atom stereocenters. The molecule has 1 saturated carbocycles. The Balaban J connectivity index is 1.39. The molecule has 3 atom stereocenters. The molecule has 32 heavy (non-hydrogen) atoms. The van der Waals surface area contributed by atoms with Gasteiger partial charge in [-0.3, -0.25) is 4.79 Å². The minimum atomic E-state index is -0.780. The number of rotatable bonds is 8. The van der Waals surface area contributed by atoms with E-state index >= 15 is 0 Å². The monoisotopic (exact) mass is 429 g/mol. The zero-order valence-electron chi connectivity index (χ0n) is 17.7.